The van der Waals surface area contributed by atoms with Gasteiger partial charge in [0, 0.05) is 0 Å². The molecule has 0 rings (SSSR count). The number of alkyl carbamates (subject to hydrolysis) is 1. The van der Waals surface area contributed by atoms with Crippen molar-refractivity contribution in [2.45, 2.75) is 72.3 Å². The van der Waals surface area contributed by atoms with Crippen LogP contribution >= 0.6 is 0 Å². The van der Waals surface area contributed by atoms with Gasteiger partial charge in [0.1, 0.15) is 11.6 Å². The number of ketones is 1. The number of carbonyl (C=O) groups is 4. The Morgan fingerprint density at radius 2 is 1.34 bits per heavy atom. The highest BCUT2D eigenvalue weighted by Crippen LogP contribution is 2.21. The van der Waals surface area contributed by atoms with E-state index in [1.165, 1.54) is 13.8 Å². The zero-order chi connectivity index (χ0) is 23.2. The first-order chi connectivity index (χ1) is 13.0. The number of nitrogens with one attached hydrogen (secondary N) is 3. The highest BCUT2D eigenvalue weighted by atomic mass is 19.4. The molecule has 0 spiro atoms. The fraction of sp³-hybridized carbons (Fsp3) is 0.778. The molecule has 3 amide bonds. The third kappa shape index (κ3) is 10.1. The summed E-state index contributed by atoms with van der Waals surface area (Å²) in [6.45, 7) is 10.3. The minimum Gasteiger partial charge on any atom is -0.444 e. The van der Waals surface area contributed by atoms with Gasteiger partial charge < -0.3 is 20.7 Å². The van der Waals surface area contributed by atoms with Crippen molar-refractivity contribution in [2.24, 2.45) is 11.8 Å². The first-order valence-corrected chi connectivity index (χ1v) is 9.13. The second-order valence-electron chi connectivity index (χ2n) is 8.24. The van der Waals surface area contributed by atoms with Crippen LogP contribution in [0, 0.1) is 11.8 Å². The Morgan fingerprint density at radius 3 is 1.72 bits per heavy atom. The largest absolute Gasteiger partial charge is 0.452 e. The van der Waals surface area contributed by atoms with Gasteiger partial charge in [0.25, 0.3) is 5.78 Å². The molecule has 0 heterocycles. The normalized spacial score (nSPS) is 14.2. The molecular weight excluding hydrogens is 395 g/mol. The molecule has 0 fully saturated rings. The molecule has 0 radical (unpaired) electrons. The van der Waals surface area contributed by atoms with Crippen LogP contribution in [0.15, 0.2) is 0 Å². The quantitative estimate of drug-likeness (QED) is 0.550. The van der Waals surface area contributed by atoms with E-state index in [1.807, 2.05) is 5.32 Å². The van der Waals surface area contributed by atoms with E-state index >= 15 is 0 Å². The Labute approximate surface area is 168 Å². The van der Waals surface area contributed by atoms with Crippen LogP contribution in [0.3, 0.4) is 0 Å². The van der Waals surface area contributed by atoms with Gasteiger partial charge in [-0.05, 0) is 32.6 Å². The van der Waals surface area contributed by atoms with Crippen molar-refractivity contribution < 1.29 is 37.1 Å². The predicted octanol–water partition coefficient (Wildman–Crippen LogP) is 1.92. The van der Waals surface area contributed by atoms with Gasteiger partial charge in [-0.25, -0.2) is 4.79 Å². The minimum atomic E-state index is -5.09. The molecule has 0 aliphatic carbocycles. The Bertz CT molecular complexity index is 613. The molecule has 0 aliphatic heterocycles. The number of amides is 3. The maximum Gasteiger partial charge on any atom is 0.452 e. The van der Waals surface area contributed by atoms with Crippen LogP contribution in [0.25, 0.3) is 0 Å². The molecule has 168 valence electrons. The topological polar surface area (TPSA) is 114 Å². The van der Waals surface area contributed by atoms with Gasteiger partial charge in [-0.3, -0.25) is 14.4 Å². The number of hydrogen-bond acceptors (Lipinski definition) is 5. The van der Waals surface area contributed by atoms with Crippen LogP contribution in [0.4, 0.5) is 18.0 Å². The first-order valence-electron chi connectivity index (χ1n) is 9.13. The third-order valence-electron chi connectivity index (χ3n) is 3.59. The van der Waals surface area contributed by atoms with Crippen molar-refractivity contribution in [2.75, 3.05) is 6.54 Å². The van der Waals surface area contributed by atoms with Gasteiger partial charge in [-0.1, -0.05) is 27.7 Å². The number of ether oxygens (including phenoxy) is 1. The Morgan fingerprint density at radius 1 is 0.862 bits per heavy atom. The maximum absolute atomic E-state index is 12.6. The van der Waals surface area contributed by atoms with Gasteiger partial charge in [-0.15, -0.1) is 0 Å². The molecule has 0 aromatic heterocycles. The summed E-state index contributed by atoms with van der Waals surface area (Å²) in [4.78, 5) is 47.5. The summed E-state index contributed by atoms with van der Waals surface area (Å²) in [5, 5.41) is 6.61. The molecule has 0 saturated carbocycles. The summed E-state index contributed by atoms with van der Waals surface area (Å²) in [5.74, 6) is -4.92. The minimum absolute atomic E-state index is 0.360. The molecule has 11 heteroatoms. The van der Waals surface area contributed by atoms with E-state index in [9.17, 15) is 32.3 Å². The number of rotatable bonds is 8. The zero-order valence-electron chi connectivity index (χ0n) is 17.7. The fourth-order valence-electron chi connectivity index (χ4n) is 2.18. The van der Waals surface area contributed by atoms with Gasteiger partial charge in [0.2, 0.25) is 11.8 Å². The van der Waals surface area contributed by atoms with E-state index in [2.05, 4.69) is 10.6 Å². The molecule has 0 bridgehead atoms. The zero-order valence-corrected chi connectivity index (χ0v) is 17.7. The average Bonchev–Trinajstić information content (AvgIpc) is 2.51. The van der Waals surface area contributed by atoms with Crippen molar-refractivity contribution in [1.82, 2.24) is 16.0 Å². The molecular formula is C18H30F3N3O5. The average molecular weight is 425 g/mol. The van der Waals surface area contributed by atoms with Crippen LogP contribution in [0.1, 0.15) is 48.5 Å². The standard InChI is InChI=1S/C18H30F3N3O5/c1-9(2)12(14(26)18(19,20)21)23-11(25)8-22-15(27)13(10(3)4)24-16(28)29-17(5,6)7/h9-10,12-13H,8H2,1-7H3,(H,22,27)(H,23,25)(H,24,28)/t12?,13-/m0/s1. The summed E-state index contributed by atoms with van der Waals surface area (Å²) in [6.07, 6.45) is -5.92. The third-order valence-corrected chi connectivity index (χ3v) is 3.59. The molecule has 8 nitrogen and oxygen atoms in total. The monoisotopic (exact) mass is 425 g/mol. The van der Waals surface area contributed by atoms with Gasteiger partial charge >= 0.3 is 12.3 Å². The SMILES string of the molecule is CC(C)C(NC(=O)CNC(=O)[C@@H](NC(=O)OC(C)(C)C)C(C)C)C(=O)C(F)(F)F. The summed E-state index contributed by atoms with van der Waals surface area (Å²) in [7, 11) is 0. The smallest absolute Gasteiger partial charge is 0.444 e. The maximum atomic E-state index is 12.6. The van der Waals surface area contributed by atoms with E-state index < -0.39 is 60.0 Å². The second-order valence-corrected chi connectivity index (χ2v) is 8.24. The summed E-state index contributed by atoms with van der Waals surface area (Å²) in [5.41, 5.74) is -0.779. The molecule has 0 aromatic rings. The summed E-state index contributed by atoms with van der Waals surface area (Å²) in [6, 6.07) is -2.80. The lowest BCUT2D eigenvalue weighted by molar-refractivity contribution is -0.174. The summed E-state index contributed by atoms with van der Waals surface area (Å²) >= 11 is 0. The molecule has 0 aliphatic rings. The van der Waals surface area contributed by atoms with E-state index in [0.29, 0.717) is 0 Å². The summed E-state index contributed by atoms with van der Waals surface area (Å²) < 4.78 is 43.0. The highest BCUT2D eigenvalue weighted by molar-refractivity contribution is 5.94. The van der Waals surface area contributed by atoms with Crippen LogP contribution in [-0.2, 0) is 19.1 Å². The Balaban J connectivity index is 4.91. The lowest BCUT2D eigenvalue weighted by Gasteiger charge is -2.25. The molecule has 2 atom stereocenters. The van der Waals surface area contributed by atoms with Gasteiger partial charge in [-0.2, -0.15) is 13.2 Å². The molecule has 29 heavy (non-hydrogen) atoms. The number of hydrogen-bond donors (Lipinski definition) is 3. The van der Waals surface area contributed by atoms with Crippen molar-refractivity contribution in [3.05, 3.63) is 0 Å². The van der Waals surface area contributed by atoms with Gasteiger partial charge in [0.15, 0.2) is 0 Å². The second kappa shape index (κ2) is 10.4. The van der Waals surface area contributed by atoms with Crippen LogP contribution in [0.2, 0.25) is 0 Å². The Hall–Kier alpha value is -2.33. The number of carbonyl (C=O) groups excluding carboxylic acids is 4. The molecule has 0 aromatic carbocycles. The van der Waals surface area contributed by atoms with Gasteiger partial charge in [0.05, 0.1) is 12.6 Å². The number of Topliss-reactive ketones (excluding diaryl/α,β-unsaturated/α-hetero) is 1. The Kier molecular flexibility index (Phi) is 9.61. The number of halogens is 3. The lowest BCUT2D eigenvalue weighted by atomic mass is 9.99. The first kappa shape index (κ1) is 26.7. The predicted molar refractivity (Wildman–Crippen MR) is 98.8 cm³/mol. The molecule has 3 N–H and O–H groups in total. The highest BCUT2D eigenvalue weighted by Gasteiger charge is 2.45. The van der Waals surface area contributed by atoms with Crippen LogP contribution < -0.4 is 16.0 Å². The van der Waals surface area contributed by atoms with Crippen LogP contribution in [0.5, 0.6) is 0 Å². The van der Waals surface area contributed by atoms with E-state index in [-0.39, 0.29) is 5.92 Å². The van der Waals surface area contributed by atoms with E-state index in [0.717, 1.165) is 0 Å². The van der Waals surface area contributed by atoms with Crippen molar-refractivity contribution in [1.29, 1.82) is 0 Å². The molecule has 1 unspecified atom stereocenters. The fourth-order valence-corrected chi connectivity index (χ4v) is 2.18. The molecule has 0 saturated heterocycles. The van der Waals surface area contributed by atoms with Crippen molar-refractivity contribution >= 4 is 23.7 Å². The lowest BCUT2D eigenvalue weighted by Crippen LogP contribution is -2.54. The van der Waals surface area contributed by atoms with Crippen molar-refractivity contribution in [3.63, 3.8) is 0 Å². The number of alkyl halides is 3. The van der Waals surface area contributed by atoms with Crippen molar-refractivity contribution in [3.8, 4) is 0 Å². The van der Waals surface area contributed by atoms with E-state index in [4.69, 9.17) is 4.74 Å². The van der Waals surface area contributed by atoms with E-state index in [1.54, 1.807) is 34.6 Å². The van der Waals surface area contributed by atoms with Crippen LogP contribution in [-0.4, -0.2) is 54.1 Å².